The minimum Gasteiger partial charge on any atom is -0.392 e. The lowest BCUT2D eigenvalue weighted by Gasteiger charge is -2.64. The molecule has 4 rings (SSSR count). The highest BCUT2D eigenvalue weighted by Crippen LogP contribution is 2.70. The summed E-state index contributed by atoms with van der Waals surface area (Å²) >= 11 is 0. The van der Waals surface area contributed by atoms with Crippen LogP contribution in [0.25, 0.3) is 0 Å². The molecule has 0 aromatic heterocycles. The molecular formula is C20H30O4. The standard InChI is InChI=1S/C20H30O4/c1-10-11-5-6-12-19(4)8-7-14(21)18(2,3)13(19)9-15(22)20(12,16(10)23)17(11)24/h10-13,15,17,22,24H,5-9H2,1-4H3/t10-,11-,12-,13+,15+,17+,19-,20-/m0/s1. The summed E-state index contributed by atoms with van der Waals surface area (Å²) in [7, 11) is 0. The van der Waals surface area contributed by atoms with Gasteiger partial charge in [0.15, 0.2) is 0 Å². The third-order valence-corrected chi connectivity index (χ3v) is 8.83. The Morgan fingerprint density at radius 2 is 1.71 bits per heavy atom. The molecular weight excluding hydrogens is 304 g/mol. The van der Waals surface area contributed by atoms with E-state index < -0.39 is 23.0 Å². The number of aliphatic hydroxyl groups excluding tert-OH is 2. The lowest BCUT2D eigenvalue weighted by Crippen LogP contribution is -2.68. The van der Waals surface area contributed by atoms with Gasteiger partial charge in [0.2, 0.25) is 0 Å². The van der Waals surface area contributed by atoms with Crippen LogP contribution in [0.2, 0.25) is 0 Å². The zero-order valence-electron chi connectivity index (χ0n) is 15.2. The van der Waals surface area contributed by atoms with Crippen LogP contribution in [0.1, 0.15) is 59.8 Å². The van der Waals surface area contributed by atoms with Crippen molar-refractivity contribution in [3.05, 3.63) is 0 Å². The number of hydrogen-bond acceptors (Lipinski definition) is 4. The normalized spacial score (nSPS) is 55.9. The second-order valence-corrected chi connectivity index (χ2v) is 9.78. The quantitative estimate of drug-likeness (QED) is 0.713. The van der Waals surface area contributed by atoms with Crippen molar-refractivity contribution in [2.24, 2.45) is 39.9 Å². The molecule has 4 aliphatic rings. The monoisotopic (exact) mass is 334 g/mol. The molecule has 4 fully saturated rings. The van der Waals surface area contributed by atoms with E-state index in [1.807, 2.05) is 20.8 Å². The first-order valence-corrected chi connectivity index (χ1v) is 9.53. The highest BCUT2D eigenvalue weighted by atomic mass is 16.3. The summed E-state index contributed by atoms with van der Waals surface area (Å²) in [5.41, 5.74) is -1.63. The van der Waals surface area contributed by atoms with E-state index in [4.69, 9.17) is 0 Å². The largest absolute Gasteiger partial charge is 0.392 e. The Kier molecular flexibility index (Phi) is 3.27. The molecule has 2 N–H and O–H groups in total. The molecule has 4 heteroatoms. The number of Topliss-reactive ketones (excluding diaryl/α,β-unsaturated/α-hetero) is 2. The first-order valence-electron chi connectivity index (χ1n) is 9.53. The van der Waals surface area contributed by atoms with E-state index in [0.29, 0.717) is 12.8 Å². The van der Waals surface area contributed by atoms with E-state index in [9.17, 15) is 19.8 Å². The van der Waals surface area contributed by atoms with Gasteiger partial charge in [-0.1, -0.05) is 27.7 Å². The number of hydrogen-bond donors (Lipinski definition) is 2. The summed E-state index contributed by atoms with van der Waals surface area (Å²) in [5.74, 6) is 0.219. The molecule has 0 aliphatic heterocycles. The van der Waals surface area contributed by atoms with E-state index in [1.54, 1.807) is 0 Å². The molecule has 0 aromatic rings. The predicted octanol–water partition coefficient (Wildman–Crippen LogP) is 2.35. The molecule has 8 atom stereocenters. The summed E-state index contributed by atoms with van der Waals surface area (Å²) < 4.78 is 0. The van der Waals surface area contributed by atoms with Crippen LogP contribution in [0.4, 0.5) is 0 Å². The summed E-state index contributed by atoms with van der Waals surface area (Å²) in [4.78, 5) is 25.7. The van der Waals surface area contributed by atoms with E-state index in [2.05, 4.69) is 6.92 Å². The molecule has 4 aliphatic carbocycles. The van der Waals surface area contributed by atoms with Gasteiger partial charge < -0.3 is 10.2 Å². The third kappa shape index (κ3) is 1.58. The smallest absolute Gasteiger partial charge is 0.147 e. The zero-order chi connectivity index (χ0) is 17.7. The number of ketones is 2. The van der Waals surface area contributed by atoms with Crippen molar-refractivity contribution in [3.8, 4) is 0 Å². The highest BCUT2D eigenvalue weighted by molar-refractivity contribution is 5.92. The van der Waals surface area contributed by atoms with Crippen LogP contribution in [0, 0.1) is 39.9 Å². The van der Waals surface area contributed by atoms with Crippen molar-refractivity contribution in [1.82, 2.24) is 0 Å². The topological polar surface area (TPSA) is 74.6 Å². The Morgan fingerprint density at radius 1 is 1.04 bits per heavy atom. The van der Waals surface area contributed by atoms with E-state index in [1.165, 1.54) is 0 Å². The average Bonchev–Trinajstić information content (AvgIpc) is 2.64. The van der Waals surface area contributed by atoms with Gasteiger partial charge in [0.1, 0.15) is 11.6 Å². The average molecular weight is 334 g/mol. The first kappa shape index (κ1) is 16.7. The second-order valence-electron chi connectivity index (χ2n) is 9.78. The molecule has 0 amide bonds. The molecule has 0 radical (unpaired) electrons. The molecule has 2 bridgehead atoms. The van der Waals surface area contributed by atoms with Crippen molar-refractivity contribution < 1.29 is 19.8 Å². The van der Waals surface area contributed by atoms with Gasteiger partial charge in [-0.3, -0.25) is 9.59 Å². The van der Waals surface area contributed by atoms with E-state index >= 15 is 0 Å². The van der Waals surface area contributed by atoms with Gasteiger partial charge in [0, 0.05) is 17.8 Å². The fourth-order valence-electron chi connectivity index (χ4n) is 7.51. The Hall–Kier alpha value is -0.740. The summed E-state index contributed by atoms with van der Waals surface area (Å²) in [6.07, 6.45) is 1.95. The van der Waals surface area contributed by atoms with Crippen molar-refractivity contribution in [2.45, 2.75) is 72.0 Å². The first-order chi connectivity index (χ1) is 11.1. The summed E-state index contributed by atoms with van der Waals surface area (Å²) in [5, 5.41) is 22.2. The number of fused-ring (bicyclic) bond motifs is 3. The predicted molar refractivity (Wildman–Crippen MR) is 89.1 cm³/mol. The summed E-state index contributed by atoms with van der Waals surface area (Å²) in [6.45, 7) is 8.14. The molecule has 0 aromatic carbocycles. The van der Waals surface area contributed by atoms with Crippen LogP contribution in [-0.2, 0) is 9.59 Å². The fraction of sp³-hybridized carbons (Fsp3) is 0.900. The highest BCUT2D eigenvalue weighted by Gasteiger charge is 2.74. The molecule has 0 heterocycles. The Labute approximate surface area is 144 Å². The molecule has 1 spiro atoms. The molecule has 4 nitrogen and oxygen atoms in total. The third-order valence-electron chi connectivity index (χ3n) is 8.83. The van der Waals surface area contributed by atoms with Crippen LogP contribution in [0.5, 0.6) is 0 Å². The number of carbonyl (C=O) groups is 2. The molecule has 134 valence electrons. The Balaban J connectivity index is 1.87. The summed E-state index contributed by atoms with van der Waals surface area (Å²) in [6, 6.07) is 0. The SMILES string of the molecule is C[C@@H]1C(=O)[C@@]23[C@H](O)C[C@@H]4C(C)(C)C(=O)CC[C@@]4(C)[C@@H]2CC[C@@H]1[C@H]3O. The van der Waals surface area contributed by atoms with Gasteiger partial charge in [-0.15, -0.1) is 0 Å². The molecule has 0 unspecified atom stereocenters. The van der Waals surface area contributed by atoms with Gasteiger partial charge in [0.25, 0.3) is 0 Å². The lowest BCUT2D eigenvalue weighted by molar-refractivity contribution is -0.222. The van der Waals surface area contributed by atoms with Crippen LogP contribution in [0.15, 0.2) is 0 Å². The van der Waals surface area contributed by atoms with Crippen molar-refractivity contribution >= 4 is 11.6 Å². The second kappa shape index (κ2) is 4.70. The van der Waals surface area contributed by atoms with Crippen molar-refractivity contribution in [3.63, 3.8) is 0 Å². The zero-order valence-corrected chi connectivity index (χ0v) is 15.2. The maximum Gasteiger partial charge on any atom is 0.147 e. The molecule has 24 heavy (non-hydrogen) atoms. The number of aliphatic hydroxyl groups is 2. The van der Waals surface area contributed by atoms with Crippen LogP contribution in [-0.4, -0.2) is 34.0 Å². The minimum atomic E-state index is -0.996. The maximum atomic E-state index is 13.2. The minimum absolute atomic E-state index is 0.0122. The lowest BCUT2D eigenvalue weighted by atomic mass is 9.39. The Morgan fingerprint density at radius 3 is 2.38 bits per heavy atom. The van der Waals surface area contributed by atoms with E-state index in [0.717, 1.165) is 19.3 Å². The number of carbonyl (C=O) groups excluding carboxylic acids is 2. The van der Waals surface area contributed by atoms with Crippen molar-refractivity contribution in [1.29, 1.82) is 0 Å². The van der Waals surface area contributed by atoms with Gasteiger partial charge >= 0.3 is 0 Å². The van der Waals surface area contributed by atoms with Crippen molar-refractivity contribution in [2.75, 3.05) is 0 Å². The number of rotatable bonds is 0. The van der Waals surface area contributed by atoms with Gasteiger partial charge in [0.05, 0.1) is 17.6 Å². The molecule has 4 saturated carbocycles. The van der Waals surface area contributed by atoms with Crippen LogP contribution >= 0.6 is 0 Å². The van der Waals surface area contributed by atoms with Crippen LogP contribution in [0.3, 0.4) is 0 Å². The fourth-order valence-corrected chi connectivity index (χ4v) is 7.51. The van der Waals surface area contributed by atoms with E-state index in [-0.39, 0.29) is 40.7 Å². The van der Waals surface area contributed by atoms with Gasteiger partial charge in [-0.25, -0.2) is 0 Å². The van der Waals surface area contributed by atoms with Crippen LogP contribution < -0.4 is 0 Å². The maximum absolute atomic E-state index is 13.2. The molecule has 0 saturated heterocycles. The Bertz CT molecular complexity index is 611. The van der Waals surface area contributed by atoms with Gasteiger partial charge in [-0.2, -0.15) is 0 Å². The van der Waals surface area contributed by atoms with Gasteiger partial charge in [-0.05, 0) is 48.9 Å².